The Morgan fingerprint density at radius 3 is 2.60 bits per heavy atom. The molecule has 6 heteroatoms. The van der Waals surface area contributed by atoms with Crippen molar-refractivity contribution in [3.63, 3.8) is 0 Å². The molecule has 1 aliphatic carbocycles. The molecule has 1 aliphatic rings. The minimum Gasteiger partial charge on any atom is -0.496 e. The number of ether oxygens (including phenoxy) is 1. The van der Waals surface area contributed by atoms with Crippen LogP contribution in [0.4, 0.5) is 4.39 Å². The van der Waals surface area contributed by atoms with Gasteiger partial charge in [0.15, 0.2) is 0 Å². The number of halogens is 1. The van der Waals surface area contributed by atoms with Gasteiger partial charge in [0.1, 0.15) is 17.1 Å². The first-order valence-electron chi connectivity index (χ1n) is 7.93. The zero-order valence-corrected chi connectivity index (χ0v) is 13.7. The second-order valence-corrected chi connectivity index (χ2v) is 6.06. The summed E-state index contributed by atoms with van der Waals surface area (Å²) in [5.41, 5.74) is 1.80. The van der Waals surface area contributed by atoms with E-state index in [0.717, 1.165) is 17.5 Å². The standard InChI is InChI=1S/C19H18FNO4/c1-25-17-8-11(2-7-14(17)19(23)24)10-21-18(22)16-9-15(16)12-3-5-13(20)6-4-12/h2-8,15-16H,9-10H2,1H3,(H,21,22)(H,23,24)/t15-,16-/m0/s1. The van der Waals surface area contributed by atoms with E-state index in [9.17, 15) is 14.0 Å². The van der Waals surface area contributed by atoms with Crippen LogP contribution in [0.25, 0.3) is 0 Å². The van der Waals surface area contributed by atoms with E-state index in [-0.39, 0.29) is 34.9 Å². The van der Waals surface area contributed by atoms with E-state index in [1.807, 2.05) is 0 Å². The topological polar surface area (TPSA) is 75.6 Å². The number of carbonyl (C=O) groups excluding carboxylic acids is 1. The van der Waals surface area contributed by atoms with E-state index in [1.54, 1.807) is 24.3 Å². The number of hydrogen-bond donors (Lipinski definition) is 2. The Hall–Kier alpha value is -2.89. The molecule has 0 aromatic heterocycles. The first-order valence-corrected chi connectivity index (χ1v) is 7.93. The van der Waals surface area contributed by atoms with Gasteiger partial charge in [-0.05, 0) is 47.7 Å². The van der Waals surface area contributed by atoms with E-state index in [0.29, 0.717) is 6.54 Å². The fourth-order valence-electron chi connectivity index (χ4n) is 2.91. The van der Waals surface area contributed by atoms with Gasteiger partial charge in [-0.2, -0.15) is 0 Å². The van der Waals surface area contributed by atoms with Crippen LogP contribution in [0.15, 0.2) is 42.5 Å². The van der Waals surface area contributed by atoms with Crippen LogP contribution < -0.4 is 10.1 Å². The van der Waals surface area contributed by atoms with Gasteiger partial charge in [0, 0.05) is 12.5 Å². The summed E-state index contributed by atoms with van der Waals surface area (Å²) in [6.45, 7) is 0.293. The summed E-state index contributed by atoms with van der Waals surface area (Å²) in [5.74, 6) is -1.13. The number of carboxylic acids is 1. The van der Waals surface area contributed by atoms with Gasteiger partial charge in [0.05, 0.1) is 7.11 Å². The molecule has 0 aliphatic heterocycles. The molecule has 5 nitrogen and oxygen atoms in total. The maximum absolute atomic E-state index is 12.9. The lowest BCUT2D eigenvalue weighted by Gasteiger charge is -2.09. The molecule has 1 fully saturated rings. The number of nitrogens with one attached hydrogen (secondary N) is 1. The molecule has 0 unspecified atom stereocenters. The summed E-state index contributed by atoms with van der Waals surface area (Å²) in [6, 6.07) is 10.9. The molecule has 2 atom stereocenters. The normalized spacial score (nSPS) is 18.5. The SMILES string of the molecule is COc1cc(CNC(=O)[C@H]2C[C@H]2c2ccc(F)cc2)ccc1C(=O)O. The monoisotopic (exact) mass is 343 g/mol. The third-order valence-electron chi connectivity index (χ3n) is 4.39. The zero-order chi connectivity index (χ0) is 18.0. The van der Waals surface area contributed by atoms with Gasteiger partial charge in [-0.1, -0.05) is 18.2 Å². The highest BCUT2D eigenvalue weighted by Crippen LogP contribution is 2.47. The Morgan fingerprint density at radius 1 is 1.24 bits per heavy atom. The lowest BCUT2D eigenvalue weighted by Crippen LogP contribution is -2.25. The van der Waals surface area contributed by atoms with Gasteiger partial charge in [0.2, 0.25) is 5.91 Å². The molecule has 2 aromatic rings. The second kappa shape index (κ2) is 6.93. The fourth-order valence-corrected chi connectivity index (χ4v) is 2.91. The summed E-state index contributed by atoms with van der Waals surface area (Å²) in [5, 5.41) is 11.9. The Bertz CT molecular complexity index is 804. The highest BCUT2D eigenvalue weighted by atomic mass is 19.1. The molecule has 0 bridgehead atoms. The number of carbonyl (C=O) groups is 2. The van der Waals surface area contributed by atoms with E-state index < -0.39 is 5.97 Å². The van der Waals surface area contributed by atoms with Gasteiger partial charge in [-0.15, -0.1) is 0 Å². The molecule has 130 valence electrons. The largest absolute Gasteiger partial charge is 0.496 e. The third-order valence-corrected chi connectivity index (χ3v) is 4.39. The maximum Gasteiger partial charge on any atom is 0.339 e. The number of aromatic carboxylic acids is 1. The molecular formula is C19H18FNO4. The Balaban J connectivity index is 1.58. The predicted molar refractivity (Wildman–Crippen MR) is 89.0 cm³/mol. The van der Waals surface area contributed by atoms with Gasteiger partial charge >= 0.3 is 5.97 Å². The minimum absolute atomic E-state index is 0.0596. The summed E-state index contributed by atoms with van der Waals surface area (Å²) in [4.78, 5) is 23.3. The molecule has 0 saturated heterocycles. The van der Waals surface area contributed by atoms with E-state index >= 15 is 0 Å². The quantitative estimate of drug-likeness (QED) is 0.845. The van der Waals surface area contributed by atoms with Crippen molar-refractivity contribution < 1.29 is 23.8 Å². The van der Waals surface area contributed by atoms with Gasteiger partial charge in [-0.3, -0.25) is 4.79 Å². The van der Waals surface area contributed by atoms with Crippen LogP contribution in [0.5, 0.6) is 5.75 Å². The Kier molecular flexibility index (Phi) is 4.70. The Morgan fingerprint density at radius 2 is 1.96 bits per heavy atom. The molecule has 1 saturated carbocycles. The highest BCUT2D eigenvalue weighted by Gasteiger charge is 2.43. The van der Waals surface area contributed by atoms with Gasteiger partial charge < -0.3 is 15.2 Å². The molecule has 25 heavy (non-hydrogen) atoms. The number of benzene rings is 2. The second-order valence-electron chi connectivity index (χ2n) is 6.06. The average Bonchev–Trinajstić information content (AvgIpc) is 3.40. The summed E-state index contributed by atoms with van der Waals surface area (Å²) < 4.78 is 18.0. The van der Waals surface area contributed by atoms with Crippen LogP contribution in [0.2, 0.25) is 0 Å². The number of carboxylic acid groups (broad SMARTS) is 1. The molecule has 0 heterocycles. The number of hydrogen-bond acceptors (Lipinski definition) is 3. The van der Waals surface area contributed by atoms with E-state index in [1.165, 1.54) is 25.3 Å². The molecule has 1 amide bonds. The van der Waals surface area contributed by atoms with Crippen LogP contribution >= 0.6 is 0 Å². The molecular weight excluding hydrogens is 325 g/mol. The number of rotatable bonds is 6. The highest BCUT2D eigenvalue weighted by molar-refractivity contribution is 5.91. The lowest BCUT2D eigenvalue weighted by atomic mass is 10.1. The minimum atomic E-state index is -1.06. The van der Waals surface area contributed by atoms with Gasteiger partial charge in [0.25, 0.3) is 0 Å². The zero-order valence-electron chi connectivity index (χ0n) is 13.7. The smallest absolute Gasteiger partial charge is 0.339 e. The van der Waals surface area contributed by atoms with Crippen molar-refractivity contribution in [1.29, 1.82) is 0 Å². The molecule has 2 aromatic carbocycles. The first-order chi connectivity index (χ1) is 12.0. The van der Waals surface area contributed by atoms with Gasteiger partial charge in [-0.25, -0.2) is 9.18 Å². The van der Waals surface area contributed by atoms with E-state index in [2.05, 4.69) is 5.32 Å². The van der Waals surface area contributed by atoms with Crippen molar-refractivity contribution in [2.75, 3.05) is 7.11 Å². The Labute approximate surface area is 144 Å². The average molecular weight is 343 g/mol. The number of methoxy groups -OCH3 is 1. The molecule has 3 rings (SSSR count). The third kappa shape index (κ3) is 3.79. The van der Waals surface area contributed by atoms with Crippen LogP contribution in [0.3, 0.4) is 0 Å². The van der Waals surface area contributed by atoms with E-state index in [4.69, 9.17) is 9.84 Å². The predicted octanol–water partition coefficient (Wildman–Crippen LogP) is 2.95. The molecule has 2 N–H and O–H groups in total. The van der Waals surface area contributed by atoms with Crippen molar-refractivity contribution in [1.82, 2.24) is 5.32 Å². The van der Waals surface area contributed by atoms with Crippen molar-refractivity contribution in [3.8, 4) is 5.75 Å². The van der Waals surface area contributed by atoms with Crippen molar-refractivity contribution in [2.45, 2.75) is 18.9 Å². The van der Waals surface area contributed by atoms with Crippen molar-refractivity contribution in [3.05, 3.63) is 65.0 Å². The molecule has 0 spiro atoms. The summed E-state index contributed by atoms with van der Waals surface area (Å²) in [6.07, 6.45) is 0.749. The van der Waals surface area contributed by atoms with Crippen LogP contribution in [0, 0.1) is 11.7 Å². The molecule has 0 radical (unpaired) electrons. The first kappa shape index (κ1) is 17.0. The summed E-state index contributed by atoms with van der Waals surface area (Å²) in [7, 11) is 1.40. The number of amides is 1. The van der Waals surface area contributed by atoms with Crippen LogP contribution in [0.1, 0.15) is 33.8 Å². The fraction of sp³-hybridized carbons (Fsp3) is 0.263. The van der Waals surface area contributed by atoms with Crippen LogP contribution in [-0.2, 0) is 11.3 Å². The summed E-state index contributed by atoms with van der Waals surface area (Å²) >= 11 is 0. The van der Waals surface area contributed by atoms with Crippen molar-refractivity contribution in [2.24, 2.45) is 5.92 Å². The van der Waals surface area contributed by atoms with Crippen LogP contribution in [-0.4, -0.2) is 24.1 Å². The lowest BCUT2D eigenvalue weighted by molar-refractivity contribution is -0.122. The maximum atomic E-state index is 12.9. The van der Waals surface area contributed by atoms with Crippen molar-refractivity contribution >= 4 is 11.9 Å².